The third kappa shape index (κ3) is 5.83. The Labute approximate surface area is 206 Å². The molecule has 1 heterocycles. The predicted octanol–water partition coefficient (Wildman–Crippen LogP) is 5.61. The van der Waals surface area contributed by atoms with Gasteiger partial charge < -0.3 is 6.42 Å². The Morgan fingerprint density at radius 2 is 1.03 bits per heavy atom. The Hall–Kier alpha value is -2.98. The zero-order chi connectivity index (χ0) is 21.3. The number of nitrogens with zero attached hydrogens (tertiary/aromatic N) is 1. The number of fused-ring (bicyclic) bond motifs is 1. The summed E-state index contributed by atoms with van der Waals surface area (Å²) in [7, 11) is -0.446. The van der Waals surface area contributed by atoms with Crippen LogP contribution in [0.25, 0.3) is 10.9 Å². The van der Waals surface area contributed by atoms with E-state index in [1.807, 2.05) is 30.3 Å². The second kappa shape index (κ2) is 12.2. The molecule has 0 N–H and O–H groups in total. The third-order valence-corrected chi connectivity index (χ3v) is 7.25. The quantitative estimate of drug-likeness (QED) is 0.112. The maximum Gasteiger partial charge on any atom is 1.00 e. The van der Waals surface area contributed by atoms with E-state index in [0.717, 1.165) is 16.5 Å². The number of benzene rings is 4. The van der Waals surface area contributed by atoms with Crippen LogP contribution in [0.1, 0.15) is 5.56 Å². The van der Waals surface area contributed by atoms with Gasteiger partial charge in [0.2, 0.25) is 0 Å². The fourth-order valence-electron chi connectivity index (χ4n) is 3.38. The molecule has 158 valence electrons. The molecule has 0 aliphatic carbocycles. The smallest absolute Gasteiger partial charge is 0.366 e. The van der Waals surface area contributed by atoms with E-state index in [1.54, 1.807) is 6.20 Å². The number of hydrogen-bond donors (Lipinski definition) is 0. The molecule has 0 amide bonds. The fraction of sp³-hybridized carbons (Fsp3) is 0. The second-order valence-electron chi connectivity index (χ2n) is 6.85. The summed E-state index contributed by atoms with van der Waals surface area (Å²) in [6.07, 6.45) is 8.76. The van der Waals surface area contributed by atoms with Crippen molar-refractivity contribution in [2.24, 2.45) is 0 Å². The largest absolute Gasteiger partial charge is 1.00 e. The maximum atomic E-state index is 7.04. The molecule has 32 heavy (non-hydrogen) atoms. The molecule has 4 aromatic carbocycles. The van der Waals surface area contributed by atoms with Gasteiger partial charge in [0.15, 0.2) is 0 Å². The van der Waals surface area contributed by atoms with Crippen LogP contribution in [0.5, 0.6) is 0 Å². The van der Waals surface area contributed by atoms with Crippen molar-refractivity contribution < 1.29 is 22.4 Å². The van der Waals surface area contributed by atoms with Gasteiger partial charge in [-0.1, -0.05) is 109 Å². The van der Waals surface area contributed by atoms with Crippen LogP contribution in [0.4, 0.5) is 0 Å². The van der Waals surface area contributed by atoms with Gasteiger partial charge in [-0.25, -0.2) is 0 Å². The van der Waals surface area contributed by atoms with Gasteiger partial charge >= 0.3 is 22.4 Å². The molecule has 0 saturated carbocycles. The minimum atomic E-state index is -0.446. The molecule has 0 aliphatic rings. The molecule has 0 aliphatic heterocycles. The van der Waals surface area contributed by atoms with Crippen LogP contribution in [0, 0.1) is 12.3 Å². The van der Waals surface area contributed by atoms with Crippen LogP contribution in [0.2, 0.25) is 0 Å². The summed E-state index contributed by atoms with van der Waals surface area (Å²) in [4.78, 5) is 4.17. The van der Waals surface area contributed by atoms with Crippen LogP contribution in [0.3, 0.4) is 0 Å². The topological polar surface area (TPSA) is 12.9 Å². The summed E-state index contributed by atoms with van der Waals surface area (Å²) in [5, 5.41) is 5.24. The van der Waals surface area contributed by atoms with Gasteiger partial charge in [-0.15, -0.1) is 11.6 Å². The molecule has 3 heteroatoms. The molecule has 0 unspecified atom stereocenters. The van der Waals surface area contributed by atoms with E-state index in [4.69, 9.17) is 6.42 Å². The summed E-state index contributed by atoms with van der Waals surface area (Å²) in [5.41, 5.74) is 1.59. The molecular formula is C29H21AuNP. The van der Waals surface area contributed by atoms with E-state index >= 15 is 0 Å². The Bertz CT molecular complexity index is 1180. The van der Waals surface area contributed by atoms with E-state index < -0.39 is 7.92 Å². The van der Waals surface area contributed by atoms with E-state index in [1.165, 1.54) is 15.9 Å². The molecule has 5 aromatic rings. The molecule has 0 fully saturated rings. The maximum absolute atomic E-state index is 7.04. The number of para-hydroxylation sites is 1. The SMILES string of the molecule is [Au+].[C-]#Cc1cccc2cccnc12.c1ccc(P(c2ccccc2)c2ccccc2)cc1. The number of rotatable bonds is 3. The predicted molar refractivity (Wildman–Crippen MR) is 133 cm³/mol. The first-order valence-electron chi connectivity index (χ1n) is 10.1. The van der Waals surface area contributed by atoms with Crippen molar-refractivity contribution in [3.8, 4) is 5.92 Å². The molecule has 0 spiro atoms. The van der Waals surface area contributed by atoms with Crippen molar-refractivity contribution in [1.82, 2.24) is 4.98 Å². The van der Waals surface area contributed by atoms with Crippen molar-refractivity contribution in [3.63, 3.8) is 0 Å². The number of hydrogen-bond acceptors (Lipinski definition) is 1. The van der Waals surface area contributed by atoms with Gasteiger partial charge in [0.1, 0.15) is 0 Å². The van der Waals surface area contributed by atoms with Crippen LogP contribution in [0.15, 0.2) is 128 Å². The third-order valence-electron chi connectivity index (χ3n) is 4.81. The summed E-state index contributed by atoms with van der Waals surface area (Å²) in [6.45, 7) is 0. The average Bonchev–Trinajstić information content (AvgIpc) is 2.86. The van der Waals surface area contributed by atoms with Crippen molar-refractivity contribution in [3.05, 3.63) is 140 Å². The van der Waals surface area contributed by atoms with Crippen molar-refractivity contribution in [2.75, 3.05) is 0 Å². The first-order valence-corrected chi connectivity index (χ1v) is 11.4. The zero-order valence-electron chi connectivity index (χ0n) is 17.3. The Morgan fingerprint density at radius 3 is 1.50 bits per heavy atom. The first-order chi connectivity index (χ1) is 15.4. The molecule has 0 radical (unpaired) electrons. The van der Waals surface area contributed by atoms with Gasteiger partial charge in [-0.2, -0.15) is 0 Å². The standard InChI is InChI=1S/C18H15P.C11H6N.Au/c1-4-10-16(11-5-1)19(17-12-6-2-7-13-17)18-14-8-3-9-15-18;1-2-9-5-3-6-10-7-4-8-12-11(9)10;/h1-15H;3-8H;/q;-1;+1. The van der Waals surface area contributed by atoms with Crippen LogP contribution in [-0.4, -0.2) is 4.98 Å². The molecule has 5 rings (SSSR count). The normalized spacial score (nSPS) is 9.88. The van der Waals surface area contributed by atoms with Gasteiger partial charge in [-0.3, -0.25) is 10.9 Å². The van der Waals surface area contributed by atoms with E-state index in [9.17, 15) is 0 Å². The summed E-state index contributed by atoms with van der Waals surface area (Å²) < 4.78 is 0. The monoisotopic (exact) mass is 611 g/mol. The van der Waals surface area contributed by atoms with Crippen LogP contribution >= 0.6 is 7.92 Å². The van der Waals surface area contributed by atoms with Crippen LogP contribution in [-0.2, 0) is 22.4 Å². The Balaban J connectivity index is 0.000000193. The summed E-state index contributed by atoms with van der Waals surface area (Å²) in [6, 6.07) is 41.9. The van der Waals surface area contributed by atoms with E-state index in [0.29, 0.717) is 0 Å². The number of aromatic nitrogens is 1. The van der Waals surface area contributed by atoms with Gasteiger partial charge in [0.05, 0.1) is 0 Å². The summed E-state index contributed by atoms with van der Waals surface area (Å²) in [5.74, 6) is 2.36. The van der Waals surface area contributed by atoms with E-state index in [2.05, 4.69) is 102 Å². The van der Waals surface area contributed by atoms with Gasteiger partial charge in [0.25, 0.3) is 0 Å². The molecule has 1 aromatic heterocycles. The van der Waals surface area contributed by atoms with Gasteiger partial charge in [0, 0.05) is 11.7 Å². The fourth-order valence-corrected chi connectivity index (χ4v) is 5.69. The molecule has 0 atom stereocenters. The second-order valence-corrected chi connectivity index (χ2v) is 9.07. The van der Waals surface area contributed by atoms with E-state index in [-0.39, 0.29) is 22.4 Å². The van der Waals surface area contributed by atoms with Crippen molar-refractivity contribution in [2.45, 2.75) is 0 Å². The molecule has 0 saturated heterocycles. The zero-order valence-corrected chi connectivity index (χ0v) is 20.4. The van der Waals surface area contributed by atoms with Crippen LogP contribution < -0.4 is 15.9 Å². The minimum absolute atomic E-state index is 0. The summed E-state index contributed by atoms with van der Waals surface area (Å²) >= 11 is 0. The molecule has 1 nitrogen and oxygen atoms in total. The first kappa shape index (κ1) is 23.7. The number of pyridine rings is 1. The Kier molecular flexibility index (Phi) is 9.00. The minimum Gasteiger partial charge on any atom is -0.366 e. The van der Waals surface area contributed by atoms with Crippen molar-refractivity contribution in [1.29, 1.82) is 0 Å². The Morgan fingerprint density at radius 1 is 0.562 bits per heavy atom. The molecule has 0 bridgehead atoms. The van der Waals surface area contributed by atoms with Gasteiger partial charge in [-0.05, 0) is 35.3 Å². The van der Waals surface area contributed by atoms with Crippen molar-refractivity contribution >= 4 is 34.7 Å². The molecular weight excluding hydrogens is 590 g/mol. The average molecular weight is 611 g/mol.